The summed E-state index contributed by atoms with van der Waals surface area (Å²) in [4.78, 5) is 0. The highest BCUT2D eigenvalue weighted by Crippen LogP contribution is 2.26. The van der Waals surface area contributed by atoms with Gasteiger partial charge in [-0.05, 0) is 5.56 Å². The van der Waals surface area contributed by atoms with E-state index in [0.29, 0.717) is 5.56 Å². The molecule has 1 unspecified atom stereocenters. The minimum Gasteiger partial charge on any atom is -0.211 e. The predicted molar refractivity (Wildman–Crippen MR) is 58.7 cm³/mol. The van der Waals surface area contributed by atoms with Gasteiger partial charge in [-0.25, -0.2) is 8.42 Å². The van der Waals surface area contributed by atoms with Crippen molar-refractivity contribution in [3.63, 3.8) is 0 Å². The van der Waals surface area contributed by atoms with E-state index in [0.717, 1.165) is 6.08 Å². The maximum atomic E-state index is 11.2. The van der Waals surface area contributed by atoms with Crippen LogP contribution in [-0.2, 0) is 9.05 Å². The number of benzene rings is 1. The highest BCUT2D eigenvalue weighted by Gasteiger charge is 2.21. The maximum Gasteiger partial charge on any atom is 0.243 e. The fourth-order valence-corrected chi connectivity index (χ4v) is 2.38. The molecule has 0 aliphatic heterocycles. The second-order valence-corrected chi connectivity index (χ2v) is 5.54. The van der Waals surface area contributed by atoms with Crippen molar-refractivity contribution in [1.82, 2.24) is 0 Å². The van der Waals surface area contributed by atoms with Gasteiger partial charge in [0, 0.05) is 16.8 Å². The van der Waals surface area contributed by atoms with Crippen molar-refractivity contribution in [3.05, 3.63) is 48.0 Å². The number of halogens is 1. The lowest BCUT2D eigenvalue weighted by Crippen LogP contribution is -2.04. The summed E-state index contributed by atoms with van der Waals surface area (Å²) in [5, 5.41) is 7.38. The van der Waals surface area contributed by atoms with Crippen LogP contribution in [0.1, 0.15) is 10.8 Å². The van der Waals surface area contributed by atoms with Gasteiger partial charge in [0.05, 0.1) is 6.07 Å². The van der Waals surface area contributed by atoms with Crippen LogP contribution in [0.3, 0.4) is 0 Å². The van der Waals surface area contributed by atoms with E-state index >= 15 is 0 Å². The molecule has 0 saturated carbocycles. The van der Waals surface area contributed by atoms with E-state index in [1.54, 1.807) is 36.4 Å². The van der Waals surface area contributed by atoms with E-state index in [-0.39, 0.29) is 0 Å². The Kier molecular flexibility index (Phi) is 3.89. The molecule has 0 amide bonds. The van der Waals surface area contributed by atoms with Crippen LogP contribution in [0.4, 0.5) is 0 Å². The van der Waals surface area contributed by atoms with Crippen molar-refractivity contribution in [2.24, 2.45) is 0 Å². The Bertz CT molecular complexity index is 488. The zero-order valence-electron chi connectivity index (χ0n) is 7.67. The van der Waals surface area contributed by atoms with E-state index in [1.807, 2.05) is 0 Å². The monoisotopic (exact) mass is 241 g/mol. The Morgan fingerprint density at radius 1 is 1.33 bits per heavy atom. The van der Waals surface area contributed by atoms with Gasteiger partial charge < -0.3 is 0 Å². The van der Waals surface area contributed by atoms with Crippen LogP contribution in [-0.4, -0.2) is 8.42 Å². The van der Waals surface area contributed by atoms with Crippen LogP contribution in [0.25, 0.3) is 0 Å². The largest absolute Gasteiger partial charge is 0.243 e. The first-order valence-electron chi connectivity index (χ1n) is 4.10. The molecule has 78 valence electrons. The minimum atomic E-state index is -3.76. The third-order valence-electron chi connectivity index (χ3n) is 1.78. The summed E-state index contributed by atoms with van der Waals surface area (Å²) < 4.78 is 22.5. The maximum absolute atomic E-state index is 11.2. The van der Waals surface area contributed by atoms with E-state index < -0.39 is 14.3 Å². The molecule has 0 radical (unpaired) electrons. The molecule has 0 bridgehead atoms. The Labute approximate surface area is 93.0 Å². The molecule has 0 aliphatic carbocycles. The van der Waals surface area contributed by atoms with Crippen LogP contribution >= 0.6 is 10.7 Å². The van der Waals surface area contributed by atoms with Crippen molar-refractivity contribution in [1.29, 1.82) is 5.26 Å². The second-order valence-electron chi connectivity index (χ2n) is 2.80. The van der Waals surface area contributed by atoms with Crippen LogP contribution in [0.5, 0.6) is 0 Å². The molecule has 1 rings (SSSR count). The fraction of sp³-hybridized carbons (Fsp3) is 0.100. The minimum absolute atomic E-state index is 0.541. The van der Waals surface area contributed by atoms with Crippen LogP contribution in [0, 0.1) is 11.3 Å². The number of nitrogens with zero attached hydrogens (tertiary/aromatic N) is 1. The van der Waals surface area contributed by atoms with Gasteiger partial charge in [0.25, 0.3) is 0 Å². The second kappa shape index (κ2) is 4.96. The average molecular weight is 242 g/mol. The van der Waals surface area contributed by atoms with Crippen molar-refractivity contribution in [2.45, 2.75) is 5.25 Å². The highest BCUT2D eigenvalue weighted by atomic mass is 35.7. The van der Waals surface area contributed by atoms with Gasteiger partial charge in [-0.15, -0.1) is 0 Å². The topological polar surface area (TPSA) is 57.9 Å². The SMILES string of the molecule is N#CC=CC(c1ccccc1)S(=O)(=O)Cl. The molecule has 1 aromatic rings. The summed E-state index contributed by atoms with van der Waals surface area (Å²) in [7, 11) is 1.53. The molecule has 5 heteroatoms. The van der Waals surface area contributed by atoms with Crippen molar-refractivity contribution < 1.29 is 8.42 Å². The van der Waals surface area contributed by atoms with E-state index in [1.165, 1.54) is 6.08 Å². The summed E-state index contributed by atoms with van der Waals surface area (Å²) >= 11 is 0. The van der Waals surface area contributed by atoms with Gasteiger partial charge in [0.2, 0.25) is 9.05 Å². The molecule has 1 aromatic carbocycles. The molecule has 1 atom stereocenters. The number of hydrogen-bond acceptors (Lipinski definition) is 3. The third kappa shape index (κ3) is 3.39. The third-order valence-corrected chi connectivity index (χ3v) is 3.39. The van der Waals surface area contributed by atoms with Crippen LogP contribution < -0.4 is 0 Å². The van der Waals surface area contributed by atoms with Gasteiger partial charge in [0.15, 0.2) is 0 Å². The standard InChI is InChI=1S/C10H8ClNO2S/c11-15(13,14)10(7-4-8-12)9-5-2-1-3-6-9/h1-7,10H. The Hall–Kier alpha value is -1.31. The van der Waals surface area contributed by atoms with Crippen LogP contribution in [0.15, 0.2) is 42.5 Å². The van der Waals surface area contributed by atoms with E-state index in [2.05, 4.69) is 0 Å². The van der Waals surface area contributed by atoms with Gasteiger partial charge in [-0.1, -0.05) is 36.4 Å². The highest BCUT2D eigenvalue weighted by molar-refractivity contribution is 8.14. The molecule has 0 aromatic heterocycles. The zero-order chi connectivity index (χ0) is 11.3. The molecule has 0 fully saturated rings. The first kappa shape index (κ1) is 11.8. The molecule has 15 heavy (non-hydrogen) atoms. The molecular weight excluding hydrogens is 234 g/mol. The Balaban J connectivity index is 3.15. The average Bonchev–Trinajstić information content (AvgIpc) is 2.18. The molecular formula is C10H8ClNO2S. The fourth-order valence-electron chi connectivity index (χ4n) is 1.14. The summed E-state index contributed by atoms with van der Waals surface area (Å²) in [5.74, 6) is 0. The summed E-state index contributed by atoms with van der Waals surface area (Å²) in [6.45, 7) is 0. The van der Waals surface area contributed by atoms with E-state index in [4.69, 9.17) is 15.9 Å². The lowest BCUT2D eigenvalue weighted by molar-refractivity contribution is 0.604. The first-order chi connectivity index (χ1) is 7.05. The molecule has 3 nitrogen and oxygen atoms in total. The van der Waals surface area contributed by atoms with Crippen molar-refractivity contribution in [3.8, 4) is 6.07 Å². The number of nitriles is 1. The lowest BCUT2D eigenvalue weighted by Gasteiger charge is -2.08. The Morgan fingerprint density at radius 2 is 1.93 bits per heavy atom. The molecule has 0 spiro atoms. The molecule has 0 aliphatic rings. The first-order valence-corrected chi connectivity index (χ1v) is 6.47. The van der Waals surface area contributed by atoms with Gasteiger partial charge in [-0.2, -0.15) is 5.26 Å². The summed E-state index contributed by atoms with van der Waals surface area (Å²) in [6.07, 6.45) is 2.37. The van der Waals surface area contributed by atoms with Crippen molar-refractivity contribution >= 4 is 19.7 Å². The Morgan fingerprint density at radius 3 is 2.40 bits per heavy atom. The molecule has 0 N–H and O–H groups in total. The van der Waals surface area contributed by atoms with Gasteiger partial charge in [-0.3, -0.25) is 0 Å². The number of allylic oxidation sites excluding steroid dienone is 1. The zero-order valence-corrected chi connectivity index (χ0v) is 9.24. The van der Waals surface area contributed by atoms with E-state index in [9.17, 15) is 8.42 Å². The smallest absolute Gasteiger partial charge is 0.211 e. The van der Waals surface area contributed by atoms with Crippen molar-refractivity contribution in [2.75, 3.05) is 0 Å². The molecule has 0 saturated heterocycles. The molecule has 0 heterocycles. The summed E-state index contributed by atoms with van der Waals surface area (Å²) in [5.41, 5.74) is 0.541. The predicted octanol–water partition coefficient (Wildman–Crippen LogP) is 2.38. The lowest BCUT2D eigenvalue weighted by atomic mass is 10.1. The number of hydrogen-bond donors (Lipinski definition) is 0. The summed E-state index contributed by atoms with van der Waals surface area (Å²) in [6, 6.07) is 10.2. The number of rotatable bonds is 3. The van der Waals surface area contributed by atoms with Crippen LogP contribution in [0.2, 0.25) is 0 Å². The van der Waals surface area contributed by atoms with Gasteiger partial charge >= 0.3 is 0 Å². The quantitative estimate of drug-likeness (QED) is 0.603. The van der Waals surface area contributed by atoms with Gasteiger partial charge in [0.1, 0.15) is 5.25 Å². The normalized spacial score (nSPS) is 13.6.